The van der Waals surface area contributed by atoms with Crippen LogP contribution in [0.4, 0.5) is 17.1 Å². The third-order valence-electron chi connectivity index (χ3n) is 11.1. The Kier molecular flexibility index (Phi) is 7.42. The largest absolute Gasteiger partial charge is 0.310 e. The van der Waals surface area contributed by atoms with Crippen molar-refractivity contribution in [2.45, 2.75) is 19.3 Å². The van der Waals surface area contributed by atoms with E-state index in [2.05, 4.69) is 207 Å². The summed E-state index contributed by atoms with van der Waals surface area (Å²) in [5, 5.41) is 2.62. The van der Waals surface area contributed by atoms with Gasteiger partial charge < -0.3 is 4.90 Å². The summed E-state index contributed by atoms with van der Waals surface area (Å²) >= 11 is 1.89. The van der Waals surface area contributed by atoms with Gasteiger partial charge in [0.15, 0.2) is 0 Å². The molecule has 9 aromatic rings. The molecule has 8 aromatic carbocycles. The van der Waals surface area contributed by atoms with Crippen molar-refractivity contribution in [2.75, 3.05) is 4.90 Å². The summed E-state index contributed by atoms with van der Waals surface area (Å²) in [4.78, 5) is 2.44. The van der Waals surface area contributed by atoms with E-state index in [9.17, 15) is 0 Å². The van der Waals surface area contributed by atoms with Gasteiger partial charge in [-0.1, -0.05) is 153 Å². The predicted molar refractivity (Wildman–Crippen MR) is 228 cm³/mol. The summed E-state index contributed by atoms with van der Waals surface area (Å²) in [7, 11) is 0. The molecule has 1 heterocycles. The lowest BCUT2D eigenvalue weighted by atomic mass is 9.82. The van der Waals surface area contributed by atoms with Crippen molar-refractivity contribution in [3.8, 4) is 44.5 Å². The number of hydrogen-bond donors (Lipinski definition) is 0. The fraction of sp³-hybridized carbons (Fsp3) is 0.0588. The van der Waals surface area contributed by atoms with E-state index in [1.54, 1.807) is 0 Å². The smallest absolute Gasteiger partial charge is 0.0540 e. The van der Waals surface area contributed by atoms with Gasteiger partial charge in [-0.3, -0.25) is 0 Å². The third-order valence-corrected chi connectivity index (χ3v) is 12.3. The van der Waals surface area contributed by atoms with Crippen LogP contribution in [0.15, 0.2) is 188 Å². The number of nitrogens with zero attached hydrogens (tertiary/aromatic N) is 1. The van der Waals surface area contributed by atoms with Crippen molar-refractivity contribution in [3.05, 3.63) is 199 Å². The number of benzene rings is 8. The van der Waals surface area contributed by atoms with Crippen molar-refractivity contribution in [3.63, 3.8) is 0 Å². The minimum atomic E-state index is -0.0999. The Morgan fingerprint density at radius 3 is 1.77 bits per heavy atom. The van der Waals surface area contributed by atoms with Gasteiger partial charge in [-0.05, 0) is 93.0 Å². The molecule has 1 aliphatic rings. The molecule has 0 N–H and O–H groups in total. The lowest BCUT2D eigenvalue weighted by molar-refractivity contribution is 0.660. The van der Waals surface area contributed by atoms with E-state index >= 15 is 0 Å². The van der Waals surface area contributed by atoms with E-state index in [1.165, 1.54) is 75.8 Å². The van der Waals surface area contributed by atoms with Gasteiger partial charge >= 0.3 is 0 Å². The third kappa shape index (κ3) is 5.21. The number of hydrogen-bond acceptors (Lipinski definition) is 2. The van der Waals surface area contributed by atoms with E-state index in [0.29, 0.717) is 0 Å². The van der Waals surface area contributed by atoms with Crippen LogP contribution in [0.2, 0.25) is 0 Å². The van der Waals surface area contributed by atoms with Gasteiger partial charge in [-0.2, -0.15) is 0 Å². The molecular formula is C51H37NS. The minimum absolute atomic E-state index is 0.0999. The highest BCUT2D eigenvalue weighted by molar-refractivity contribution is 7.26. The maximum Gasteiger partial charge on any atom is 0.0540 e. The lowest BCUT2D eigenvalue weighted by Crippen LogP contribution is -2.16. The van der Waals surface area contributed by atoms with Gasteiger partial charge in [0.25, 0.3) is 0 Å². The molecule has 10 rings (SSSR count). The minimum Gasteiger partial charge on any atom is -0.310 e. The van der Waals surface area contributed by atoms with E-state index < -0.39 is 0 Å². The topological polar surface area (TPSA) is 3.24 Å². The summed E-state index contributed by atoms with van der Waals surface area (Å²) < 4.78 is 2.66. The van der Waals surface area contributed by atoms with Crippen molar-refractivity contribution in [1.82, 2.24) is 0 Å². The molecule has 0 bridgehead atoms. The van der Waals surface area contributed by atoms with E-state index in [4.69, 9.17) is 0 Å². The molecule has 1 aliphatic carbocycles. The molecule has 1 aromatic heterocycles. The number of fused-ring (bicyclic) bond motifs is 6. The Morgan fingerprint density at radius 1 is 0.396 bits per heavy atom. The van der Waals surface area contributed by atoms with Crippen LogP contribution >= 0.6 is 11.3 Å². The Morgan fingerprint density at radius 2 is 1.00 bits per heavy atom. The van der Waals surface area contributed by atoms with Gasteiger partial charge in [0.2, 0.25) is 0 Å². The van der Waals surface area contributed by atoms with Gasteiger partial charge in [-0.15, -0.1) is 11.3 Å². The number of anilines is 3. The molecule has 0 aliphatic heterocycles. The predicted octanol–water partition coefficient (Wildman–Crippen LogP) is 14.8. The maximum absolute atomic E-state index is 2.44. The van der Waals surface area contributed by atoms with Gasteiger partial charge in [0, 0.05) is 48.1 Å². The zero-order valence-electron chi connectivity index (χ0n) is 29.8. The van der Waals surface area contributed by atoms with Gasteiger partial charge in [0.05, 0.1) is 5.69 Å². The fourth-order valence-corrected chi connectivity index (χ4v) is 9.64. The quantitative estimate of drug-likeness (QED) is 0.167. The van der Waals surface area contributed by atoms with Crippen molar-refractivity contribution >= 4 is 48.6 Å². The van der Waals surface area contributed by atoms with Crippen LogP contribution in [0.3, 0.4) is 0 Å². The first-order valence-corrected chi connectivity index (χ1v) is 19.2. The van der Waals surface area contributed by atoms with Crippen molar-refractivity contribution < 1.29 is 0 Å². The number of thiophene rings is 1. The summed E-state index contributed by atoms with van der Waals surface area (Å²) in [5.74, 6) is 0. The van der Waals surface area contributed by atoms with Crippen LogP contribution in [-0.4, -0.2) is 0 Å². The summed E-state index contributed by atoms with van der Waals surface area (Å²) in [6.45, 7) is 4.71. The van der Waals surface area contributed by atoms with Crippen molar-refractivity contribution in [2.24, 2.45) is 0 Å². The van der Waals surface area contributed by atoms with Crippen LogP contribution < -0.4 is 4.90 Å². The van der Waals surface area contributed by atoms with Gasteiger partial charge in [-0.25, -0.2) is 0 Å². The van der Waals surface area contributed by atoms with Crippen LogP contribution in [-0.2, 0) is 5.41 Å². The molecule has 0 fully saturated rings. The van der Waals surface area contributed by atoms with E-state index in [-0.39, 0.29) is 5.41 Å². The second-order valence-electron chi connectivity index (χ2n) is 14.5. The molecule has 0 atom stereocenters. The molecule has 0 amide bonds. The molecule has 0 saturated heterocycles. The molecule has 0 unspecified atom stereocenters. The summed E-state index contributed by atoms with van der Waals surface area (Å²) in [6.07, 6.45) is 0. The zero-order chi connectivity index (χ0) is 35.5. The highest BCUT2D eigenvalue weighted by atomic mass is 32.1. The Labute approximate surface area is 315 Å². The van der Waals surface area contributed by atoms with Crippen LogP contribution in [0, 0.1) is 0 Å². The Bertz CT molecular complexity index is 2790. The Balaban J connectivity index is 1.14. The Hall–Kier alpha value is -6.22. The summed E-state index contributed by atoms with van der Waals surface area (Å²) in [6, 6.07) is 69.0. The SMILES string of the molecule is CC1(C)c2ccccc2-c2ccc(N(c3ccc(-c4cc(-c5ccccc5)c5sc6ccccc6c5c4)cc3)c3ccccc3-c3ccccc3)cc21. The van der Waals surface area contributed by atoms with Gasteiger partial charge in [0.1, 0.15) is 0 Å². The second kappa shape index (κ2) is 12.5. The van der Waals surface area contributed by atoms with Crippen LogP contribution in [0.25, 0.3) is 64.7 Å². The molecule has 53 heavy (non-hydrogen) atoms. The van der Waals surface area contributed by atoms with E-state index in [0.717, 1.165) is 17.1 Å². The van der Waals surface area contributed by atoms with Crippen LogP contribution in [0.5, 0.6) is 0 Å². The maximum atomic E-state index is 2.44. The van der Waals surface area contributed by atoms with E-state index in [1.807, 2.05) is 11.3 Å². The fourth-order valence-electron chi connectivity index (χ4n) is 8.42. The molecule has 0 radical (unpaired) electrons. The first kappa shape index (κ1) is 31.5. The standard InChI is InChI=1S/C51H37NS/c1-51(2)46-22-12-9-20-41(46)42-30-29-39(33-47(42)51)52(48-23-13-10-19-40(48)35-15-5-3-6-16-35)38-27-25-34(26-28-38)37-31-44(36-17-7-4-8-18-36)50-45(32-37)43-21-11-14-24-49(43)53-50/h3-33H,1-2H3. The molecule has 1 nitrogen and oxygen atoms in total. The number of rotatable bonds is 6. The highest BCUT2D eigenvalue weighted by Gasteiger charge is 2.35. The normalized spacial score (nSPS) is 12.9. The lowest BCUT2D eigenvalue weighted by Gasteiger charge is -2.30. The first-order chi connectivity index (χ1) is 26.0. The highest BCUT2D eigenvalue weighted by Crippen LogP contribution is 2.51. The molecule has 2 heteroatoms. The van der Waals surface area contributed by atoms with Crippen LogP contribution in [0.1, 0.15) is 25.0 Å². The molecule has 252 valence electrons. The first-order valence-electron chi connectivity index (χ1n) is 18.3. The molecule has 0 spiro atoms. The monoisotopic (exact) mass is 695 g/mol. The second-order valence-corrected chi connectivity index (χ2v) is 15.6. The summed E-state index contributed by atoms with van der Waals surface area (Å²) in [5.41, 5.74) is 16.1. The van der Waals surface area contributed by atoms with Crippen molar-refractivity contribution in [1.29, 1.82) is 0 Å². The average molecular weight is 696 g/mol. The number of para-hydroxylation sites is 1. The molecule has 0 saturated carbocycles. The molecular weight excluding hydrogens is 659 g/mol. The average Bonchev–Trinajstić information content (AvgIpc) is 3.70. The zero-order valence-corrected chi connectivity index (χ0v) is 30.6.